The average molecular weight is 475 g/mol. The van der Waals surface area contributed by atoms with E-state index in [4.69, 9.17) is 18.9 Å². The molecule has 9 nitrogen and oxygen atoms in total. The van der Waals surface area contributed by atoms with E-state index in [1.807, 2.05) is 36.4 Å². The molecule has 0 unspecified atom stereocenters. The summed E-state index contributed by atoms with van der Waals surface area (Å²) >= 11 is 0. The van der Waals surface area contributed by atoms with Crippen LogP contribution in [0.1, 0.15) is 30.5 Å². The Morgan fingerprint density at radius 1 is 0.882 bits per heavy atom. The Bertz CT molecular complexity index is 959. The summed E-state index contributed by atoms with van der Waals surface area (Å²) in [6.45, 7) is 2.61. The number of carbonyl (C=O) groups excluding carboxylic acids is 2. The zero-order chi connectivity index (χ0) is 24.7. The first-order chi connectivity index (χ1) is 16.2. The number of esters is 2. The van der Waals surface area contributed by atoms with Gasteiger partial charge in [-0.05, 0) is 22.8 Å². The van der Waals surface area contributed by atoms with Crippen molar-refractivity contribution in [3.8, 4) is 5.75 Å². The summed E-state index contributed by atoms with van der Waals surface area (Å²) in [4.78, 5) is 21.9. The van der Waals surface area contributed by atoms with Gasteiger partial charge < -0.3 is 34.3 Å². The van der Waals surface area contributed by atoms with Crippen molar-refractivity contribution in [2.24, 2.45) is 0 Å². The predicted octanol–water partition coefficient (Wildman–Crippen LogP) is 1.13. The minimum atomic E-state index is -1.54. The van der Waals surface area contributed by atoms with Crippen LogP contribution in [0.4, 0.5) is 0 Å². The van der Waals surface area contributed by atoms with E-state index in [1.54, 1.807) is 12.1 Å². The summed E-state index contributed by atoms with van der Waals surface area (Å²) in [6.07, 6.45) is -5.59. The normalized spacial score (nSPS) is 24.3. The van der Waals surface area contributed by atoms with Crippen molar-refractivity contribution >= 4 is 11.9 Å². The van der Waals surface area contributed by atoms with Crippen LogP contribution in [0.3, 0.4) is 0 Å². The molecule has 34 heavy (non-hydrogen) atoms. The molecule has 1 saturated heterocycles. The van der Waals surface area contributed by atoms with Crippen LogP contribution >= 0.6 is 0 Å². The molecule has 184 valence electrons. The van der Waals surface area contributed by atoms with Gasteiger partial charge in [0.2, 0.25) is 0 Å². The molecule has 0 aliphatic carbocycles. The van der Waals surface area contributed by atoms with Gasteiger partial charge in [-0.25, -0.2) is 0 Å². The van der Waals surface area contributed by atoms with Gasteiger partial charge in [-0.15, -0.1) is 0 Å². The minimum absolute atomic E-state index is 0.301. The fourth-order valence-electron chi connectivity index (χ4n) is 3.65. The summed E-state index contributed by atoms with van der Waals surface area (Å²) in [5, 5.41) is 31.3. The number of carbonyl (C=O) groups is 2. The first-order valence-corrected chi connectivity index (χ1v) is 11.0. The molecule has 3 rings (SSSR count). The average Bonchev–Trinajstić information content (AvgIpc) is 2.80. The summed E-state index contributed by atoms with van der Waals surface area (Å²) in [7, 11) is 0. The molecule has 1 aliphatic heterocycles. The third-order valence-corrected chi connectivity index (χ3v) is 5.46. The maximum absolute atomic E-state index is 11.0. The molecule has 0 bridgehead atoms. The van der Waals surface area contributed by atoms with Gasteiger partial charge >= 0.3 is 11.9 Å². The SMILES string of the molecule is CC(=O)OCCc1ccc(Cc2ccccc2O[C@@H]2[C@@H](O)[C@H](O)[C@@H](COC(C)=O)O[C@H]2O)cc1. The van der Waals surface area contributed by atoms with E-state index in [0.717, 1.165) is 16.7 Å². The lowest BCUT2D eigenvalue weighted by Crippen LogP contribution is -2.60. The highest BCUT2D eigenvalue weighted by molar-refractivity contribution is 5.66. The fourth-order valence-corrected chi connectivity index (χ4v) is 3.65. The Labute approximate surface area is 197 Å². The Morgan fingerprint density at radius 3 is 2.21 bits per heavy atom. The van der Waals surface area contributed by atoms with Crippen LogP contribution in [-0.4, -0.2) is 71.2 Å². The zero-order valence-corrected chi connectivity index (χ0v) is 19.1. The molecular formula is C25H30O9. The van der Waals surface area contributed by atoms with Gasteiger partial charge in [-0.2, -0.15) is 0 Å². The Balaban J connectivity index is 1.65. The van der Waals surface area contributed by atoms with E-state index in [0.29, 0.717) is 25.2 Å². The Kier molecular flexibility index (Phi) is 9.00. The van der Waals surface area contributed by atoms with Crippen molar-refractivity contribution < 1.29 is 43.9 Å². The van der Waals surface area contributed by atoms with Crippen LogP contribution in [0.2, 0.25) is 0 Å². The van der Waals surface area contributed by atoms with Crippen LogP contribution in [0.25, 0.3) is 0 Å². The second kappa shape index (κ2) is 11.9. The van der Waals surface area contributed by atoms with Crippen molar-refractivity contribution in [3.63, 3.8) is 0 Å². The molecule has 1 fully saturated rings. The lowest BCUT2D eigenvalue weighted by molar-refractivity contribution is -0.281. The van der Waals surface area contributed by atoms with Crippen LogP contribution in [0.15, 0.2) is 48.5 Å². The van der Waals surface area contributed by atoms with Crippen LogP contribution in [0.5, 0.6) is 5.75 Å². The lowest BCUT2D eigenvalue weighted by Gasteiger charge is -2.40. The molecule has 0 radical (unpaired) electrons. The number of ether oxygens (including phenoxy) is 4. The van der Waals surface area contributed by atoms with E-state index >= 15 is 0 Å². The Morgan fingerprint density at radius 2 is 1.53 bits per heavy atom. The van der Waals surface area contributed by atoms with Gasteiger partial charge in [-0.1, -0.05) is 42.5 Å². The third-order valence-electron chi connectivity index (χ3n) is 5.46. The molecule has 5 atom stereocenters. The van der Waals surface area contributed by atoms with E-state index in [-0.39, 0.29) is 12.6 Å². The van der Waals surface area contributed by atoms with E-state index in [1.165, 1.54) is 13.8 Å². The Hall–Kier alpha value is -2.98. The van der Waals surface area contributed by atoms with Gasteiger partial charge in [0.25, 0.3) is 0 Å². The summed E-state index contributed by atoms with van der Waals surface area (Å²) in [5.41, 5.74) is 2.86. The zero-order valence-electron chi connectivity index (χ0n) is 19.1. The fraction of sp³-hybridized carbons (Fsp3) is 0.440. The molecule has 0 spiro atoms. The van der Waals surface area contributed by atoms with E-state index in [2.05, 4.69) is 0 Å². The number of hydrogen-bond acceptors (Lipinski definition) is 9. The largest absolute Gasteiger partial charge is 0.482 e. The summed E-state index contributed by atoms with van der Waals surface area (Å²) in [6, 6.07) is 15.1. The van der Waals surface area contributed by atoms with Gasteiger partial charge in [0.05, 0.1) is 6.61 Å². The molecule has 1 aliphatic rings. The molecular weight excluding hydrogens is 444 g/mol. The van der Waals surface area contributed by atoms with Crippen molar-refractivity contribution in [1.29, 1.82) is 0 Å². The summed E-state index contributed by atoms with van der Waals surface area (Å²) < 4.78 is 21.0. The standard InChI is InChI=1S/C25H30O9/c1-15(26)31-12-11-17-7-9-18(10-8-17)13-19-5-3-4-6-20(19)33-24-23(29)22(28)21(34-25(24)30)14-32-16(2)27/h3-10,21-25,28-30H,11-14H2,1-2H3/t21-,22-,23+,24-,25-/m1/s1. The maximum Gasteiger partial charge on any atom is 0.302 e. The first-order valence-electron chi connectivity index (χ1n) is 11.0. The molecule has 0 saturated carbocycles. The summed E-state index contributed by atoms with van der Waals surface area (Å²) in [5.74, 6) is -0.442. The second-order valence-corrected chi connectivity index (χ2v) is 8.12. The number of rotatable bonds is 9. The molecule has 0 amide bonds. The van der Waals surface area contributed by atoms with Gasteiger partial charge in [0.15, 0.2) is 12.4 Å². The monoisotopic (exact) mass is 474 g/mol. The maximum atomic E-state index is 11.0. The predicted molar refractivity (Wildman–Crippen MR) is 120 cm³/mol. The van der Waals surface area contributed by atoms with Crippen LogP contribution < -0.4 is 4.74 Å². The van der Waals surface area contributed by atoms with Crippen LogP contribution in [-0.2, 0) is 36.6 Å². The number of para-hydroxylation sites is 1. The molecule has 1 heterocycles. The molecule has 3 N–H and O–H groups in total. The topological polar surface area (TPSA) is 132 Å². The highest BCUT2D eigenvalue weighted by Crippen LogP contribution is 2.28. The van der Waals surface area contributed by atoms with Gasteiger partial charge in [0.1, 0.15) is 30.7 Å². The molecule has 9 heteroatoms. The third kappa shape index (κ3) is 7.01. The van der Waals surface area contributed by atoms with Crippen molar-refractivity contribution in [1.82, 2.24) is 0 Å². The number of benzene rings is 2. The van der Waals surface area contributed by atoms with Crippen molar-refractivity contribution in [2.75, 3.05) is 13.2 Å². The van der Waals surface area contributed by atoms with Crippen LogP contribution in [0, 0.1) is 0 Å². The van der Waals surface area contributed by atoms with E-state index in [9.17, 15) is 24.9 Å². The first kappa shape index (κ1) is 25.6. The number of aliphatic hydroxyl groups excluding tert-OH is 3. The lowest BCUT2D eigenvalue weighted by atomic mass is 9.98. The highest BCUT2D eigenvalue weighted by Gasteiger charge is 2.46. The second-order valence-electron chi connectivity index (χ2n) is 8.12. The van der Waals surface area contributed by atoms with Gasteiger partial charge in [0, 0.05) is 26.7 Å². The van der Waals surface area contributed by atoms with Crippen molar-refractivity contribution in [2.45, 2.75) is 57.4 Å². The van der Waals surface area contributed by atoms with E-state index < -0.39 is 36.7 Å². The van der Waals surface area contributed by atoms with Gasteiger partial charge in [-0.3, -0.25) is 9.59 Å². The molecule has 0 aromatic heterocycles. The molecule has 2 aromatic carbocycles. The minimum Gasteiger partial charge on any atom is -0.482 e. The van der Waals surface area contributed by atoms with Crippen molar-refractivity contribution in [3.05, 3.63) is 65.2 Å². The molecule has 2 aromatic rings. The number of hydrogen-bond donors (Lipinski definition) is 3. The number of aliphatic hydroxyl groups is 3. The quantitative estimate of drug-likeness (QED) is 0.458. The smallest absolute Gasteiger partial charge is 0.302 e. The highest BCUT2D eigenvalue weighted by atomic mass is 16.7.